The third-order valence-corrected chi connectivity index (χ3v) is 4.59. The summed E-state index contributed by atoms with van der Waals surface area (Å²) in [7, 11) is 0. The summed E-state index contributed by atoms with van der Waals surface area (Å²) in [6.45, 7) is 4.92. The maximum Gasteiger partial charge on any atom is 0.310 e. The molecule has 0 aliphatic heterocycles. The van der Waals surface area contributed by atoms with Crippen molar-refractivity contribution in [1.29, 1.82) is 0 Å². The number of rotatable bonds is 6. The van der Waals surface area contributed by atoms with Gasteiger partial charge in [-0.25, -0.2) is 0 Å². The summed E-state index contributed by atoms with van der Waals surface area (Å²) in [6.07, 6.45) is 1.44. The Bertz CT molecular complexity index is 1120. The molecule has 2 aromatic carbocycles. The fourth-order valence-electron chi connectivity index (χ4n) is 2.92. The zero-order valence-electron chi connectivity index (χ0n) is 16.3. The number of carbonyl (C=O) groups excluding carboxylic acids is 2. The maximum atomic E-state index is 12.1. The summed E-state index contributed by atoms with van der Waals surface area (Å²) < 4.78 is 10.5. The minimum absolute atomic E-state index is 0.0485. The number of hydrogen-bond acceptors (Lipinski definition) is 6. The van der Waals surface area contributed by atoms with Gasteiger partial charge in [-0.3, -0.25) is 19.7 Å². The first-order valence-electron chi connectivity index (χ1n) is 8.92. The normalized spacial score (nSPS) is 10.7. The highest BCUT2D eigenvalue weighted by atomic mass is 16.6. The van der Waals surface area contributed by atoms with Crippen LogP contribution in [-0.4, -0.2) is 23.4 Å². The lowest BCUT2D eigenvalue weighted by Gasteiger charge is -2.09. The van der Waals surface area contributed by atoms with Crippen LogP contribution >= 0.6 is 0 Å². The van der Waals surface area contributed by atoms with E-state index in [1.165, 1.54) is 18.4 Å². The number of nitrogens with one attached hydrogen (secondary N) is 1. The Morgan fingerprint density at radius 2 is 1.86 bits per heavy atom. The number of hydrogen-bond donors (Lipinski definition) is 1. The molecule has 1 amide bonds. The molecule has 0 atom stereocenters. The van der Waals surface area contributed by atoms with E-state index in [2.05, 4.69) is 5.32 Å². The average molecular weight is 396 g/mol. The van der Waals surface area contributed by atoms with E-state index in [4.69, 9.17) is 9.15 Å². The van der Waals surface area contributed by atoms with Crippen molar-refractivity contribution in [2.75, 3.05) is 11.9 Å². The van der Waals surface area contributed by atoms with Crippen LogP contribution in [-0.2, 0) is 20.7 Å². The summed E-state index contributed by atoms with van der Waals surface area (Å²) >= 11 is 0. The van der Waals surface area contributed by atoms with E-state index in [9.17, 15) is 19.7 Å². The average Bonchev–Trinajstić information content (AvgIpc) is 3.04. The SMILES string of the molecule is Cc1ccc2c(CC(=O)OCC(=O)Nc3cc(C)c(C)cc3[N+](=O)[O-])coc2c1. The van der Waals surface area contributed by atoms with Crippen LogP contribution in [0.25, 0.3) is 11.0 Å². The molecule has 150 valence electrons. The minimum atomic E-state index is -0.655. The third kappa shape index (κ3) is 4.60. The molecule has 3 rings (SSSR count). The number of nitro groups is 1. The van der Waals surface area contributed by atoms with Gasteiger partial charge in [0.15, 0.2) is 6.61 Å². The molecule has 1 N–H and O–H groups in total. The number of aryl methyl sites for hydroxylation is 3. The van der Waals surface area contributed by atoms with Gasteiger partial charge in [0.25, 0.3) is 11.6 Å². The number of ether oxygens (including phenoxy) is 1. The van der Waals surface area contributed by atoms with Crippen LogP contribution in [0.5, 0.6) is 0 Å². The summed E-state index contributed by atoms with van der Waals surface area (Å²) in [5, 5.41) is 14.4. The fraction of sp³-hybridized carbons (Fsp3) is 0.238. The van der Waals surface area contributed by atoms with Gasteiger partial charge in [-0.2, -0.15) is 0 Å². The molecule has 0 unspecified atom stereocenters. The van der Waals surface area contributed by atoms with Gasteiger partial charge in [-0.15, -0.1) is 0 Å². The van der Waals surface area contributed by atoms with E-state index in [-0.39, 0.29) is 17.8 Å². The molecular formula is C21H20N2O6. The molecule has 8 heteroatoms. The van der Waals surface area contributed by atoms with Crippen LogP contribution in [0.1, 0.15) is 22.3 Å². The van der Waals surface area contributed by atoms with Crippen LogP contribution in [0.2, 0.25) is 0 Å². The Hall–Kier alpha value is -3.68. The molecule has 29 heavy (non-hydrogen) atoms. The van der Waals surface area contributed by atoms with Gasteiger partial charge >= 0.3 is 5.97 Å². The maximum absolute atomic E-state index is 12.1. The molecule has 0 aliphatic rings. The van der Waals surface area contributed by atoms with Crippen LogP contribution < -0.4 is 5.32 Å². The van der Waals surface area contributed by atoms with Crippen molar-refractivity contribution in [2.45, 2.75) is 27.2 Å². The van der Waals surface area contributed by atoms with Crippen molar-refractivity contribution >= 4 is 34.2 Å². The standard InChI is InChI=1S/C21H20N2O6/c1-12-4-5-16-15(10-28-19(16)6-12)9-21(25)29-11-20(24)22-17-7-13(2)14(3)8-18(17)23(26)27/h4-8,10H,9,11H2,1-3H3,(H,22,24). The molecule has 0 radical (unpaired) electrons. The monoisotopic (exact) mass is 396 g/mol. The number of anilines is 1. The van der Waals surface area contributed by atoms with E-state index in [0.717, 1.165) is 22.1 Å². The molecule has 0 bridgehead atoms. The van der Waals surface area contributed by atoms with Gasteiger partial charge in [-0.05, 0) is 49.6 Å². The second kappa shape index (κ2) is 8.14. The molecule has 0 spiro atoms. The second-order valence-electron chi connectivity index (χ2n) is 6.86. The summed E-state index contributed by atoms with van der Waals surface area (Å²) in [4.78, 5) is 34.8. The van der Waals surface area contributed by atoms with E-state index in [1.54, 1.807) is 13.8 Å². The molecule has 1 heterocycles. The van der Waals surface area contributed by atoms with Gasteiger partial charge in [0, 0.05) is 17.0 Å². The number of fused-ring (bicyclic) bond motifs is 1. The summed E-state index contributed by atoms with van der Waals surface area (Å²) in [5.41, 5.74) is 3.76. The molecule has 1 aromatic heterocycles. The largest absolute Gasteiger partial charge is 0.464 e. The summed E-state index contributed by atoms with van der Waals surface area (Å²) in [5.74, 6) is -1.25. The van der Waals surface area contributed by atoms with E-state index >= 15 is 0 Å². The number of benzene rings is 2. The Morgan fingerprint density at radius 3 is 2.59 bits per heavy atom. The zero-order chi connectivity index (χ0) is 21.1. The van der Waals surface area contributed by atoms with E-state index in [0.29, 0.717) is 11.1 Å². The Balaban J connectivity index is 1.61. The lowest BCUT2D eigenvalue weighted by atomic mass is 10.1. The Labute approximate surface area is 166 Å². The second-order valence-corrected chi connectivity index (χ2v) is 6.86. The van der Waals surface area contributed by atoms with Gasteiger partial charge in [0.2, 0.25) is 0 Å². The molecule has 0 aliphatic carbocycles. The van der Waals surface area contributed by atoms with Crippen molar-refractivity contribution in [3.63, 3.8) is 0 Å². The van der Waals surface area contributed by atoms with E-state index < -0.39 is 23.4 Å². The Morgan fingerprint density at radius 1 is 1.14 bits per heavy atom. The molecule has 8 nitrogen and oxygen atoms in total. The zero-order valence-corrected chi connectivity index (χ0v) is 16.3. The van der Waals surface area contributed by atoms with Gasteiger partial charge in [-0.1, -0.05) is 12.1 Å². The first-order valence-corrected chi connectivity index (χ1v) is 8.92. The molecule has 0 fully saturated rings. The summed E-state index contributed by atoms with van der Waals surface area (Å²) in [6, 6.07) is 8.56. The Kier molecular flexibility index (Phi) is 5.63. The molecular weight excluding hydrogens is 376 g/mol. The van der Waals surface area contributed by atoms with Gasteiger partial charge < -0.3 is 14.5 Å². The third-order valence-electron chi connectivity index (χ3n) is 4.59. The first kappa shape index (κ1) is 20.1. The van der Waals surface area contributed by atoms with Crippen molar-refractivity contribution < 1.29 is 23.7 Å². The number of amides is 1. The number of carbonyl (C=O) groups is 2. The fourth-order valence-corrected chi connectivity index (χ4v) is 2.92. The van der Waals surface area contributed by atoms with Crippen molar-refractivity contribution in [2.24, 2.45) is 0 Å². The highest BCUT2D eigenvalue weighted by Gasteiger charge is 2.19. The number of esters is 1. The molecule has 0 saturated carbocycles. The topological polar surface area (TPSA) is 112 Å². The minimum Gasteiger partial charge on any atom is -0.464 e. The number of nitro benzene ring substituents is 1. The molecule has 3 aromatic rings. The van der Waals surface area contributed by atoms with Crippen LogP contribution in [0, 0.1) is 30.9 Å². The van der Waals surface area contributed by atoms with Crippen molar-refractivity contribution in [3.05, 3.63) is 69.0 Å². The lowest BCUT2D eigenvalue weighted by molar-refractivity contribution is -0.384. The smallest absolute Gasteiger partial charge is 0.310 e. The quantitative estimate of drug-likeness (QED) is 0.383. The number of furan rings is 1. The van der Waals surface area contributed by atoms with Gasteiger partial charge in [0.1, 0.15) is 11.3 Å². The van der Waals surface area contributed by atoms with Crippen molar-refractivity contribution in [1.82, 2.24) is 0 Å². The van der Waals surface area contributed by atoms with Crippen molar-refractivity contribution in [3.8, 4) is 0 Å². The van der Waals surface area contributed by atoms with Crippen LogP contribution in [0.4, 0.5) is 11.4 Å². The predicted molar refractivity (Wildman–Crippen MR) is 107 cm³/mol. The molecule has 0 saturated heterocycles. The van der Waals surface area contributed by atoms with Crippen LogP contribution in [0.15, 0.2) is 41.0 Å². The highest BCUT2D eigenvalue weighted by Crippen LogP contribution is 2.28. The van der Waals surface area contributed by atoms with E-state index in [1.807, 2.05) is 25.1 Å². The van der Waals surface area contributed by atoms with Crippen LogP contribution in [0.3, 0.4) is 0 Å². The van der Waals surface area contributed by atoms with Gasteiger partial charge in [0.05, 0.1) is 17.6 Å². The highest BCUT2D eigenvalue weighted by molar-refractivity contribution is 5.95. The first-order chi connectivity index (χ1) is 13.7. The predicted octanol–water partition coefficient (Wildman–Crippen LogP) is 3.99. The number of nitrogens with zero attached hydrogens (tertiary/aromatic N) is 1. The lowest BCUT2D eigenvalue weighted by Crippen LogP contribution is -2.22.